The molecule has 19 heavy (non-hydrogen) atoms. The molecule has 1 heterocycles. The first kappa shape index (κ1) is 13.9. The summed E-state index contributed by atoms with van der Waals surface area (Å²) in [7, 11) is 3.51. The molecule has 0 bridgehead atoms. The Morgan fingerprint density at radius 3 is 2.84 bits per heavy atom. The van der Waals surface area contributed by atoms with Crippen LogP contribution in [0.15, 0.2) is 22.8 Å². The third kappa shape index (κ3) is 2.46. The lowest BCUT2D eigenvalue weighted by Crippen LogP contribution is -2.32. The van der Waals surface area contributed by atoms with E-state index in [0.717, 1.165) is 26.8 Å². The molecule has 6 heteroatoms. The number of carboxylic acid groups (broad SMARTS) is 1. The van der Waals surface area contributed by atoms with Gasteiger partial charge in [-0.15, -0.1) is 0 Å². The predicted molar refractivity (Wildman–Crippen MR) is 76.5 cm³/mol. The summed E-state index contributed by atoms with van der Waals surface area (Å²) in [6.45, 7) is 0. The number of carbonyl (C=O) groups is 1. The molecule has 2 aromatic rings. The highest BCUT2D eigenvalue weighted by molar-refractivity contribution is 9.10. The Labute approximate surface area is 119 Å². The fraction of sp³-hybridized carbons (Fsp3) is 0.308. The predicted octanol–water partition coefficient (Wildman–Crippen LogP) is 1.90. The fourth-order valence-corrected chi connectivity index (χ4v) is 2.66. The van der Waals surface area contributed by atoms with E-state index in [1.807, 2.05) is 29.8 Å². The van der Waals surface area contributed by atoms with Crippen molar-refractivity contribution in [3.63, 3.8) is 0 Å². The van der Waals surface area contributed by atoms with Gasteiger partial charge in [-0.2, -0.15) is 0 Å². The van der Waals surface area contributed by atoms with Crippen molar-refractivity contribution >= 4 is 32.8 Å². The quantitative estimate of drug-likeness (QED) is 0.899. The Hall–Kier alpha value is -1.53. The number of carboxylic acids is 1. The molecule has 0 aliphatic heterocycles. The Balaban J connectivity index is 2.58. The number of benzene rings is 1. The van der Waals surface area contributed by atoms with Gasteiger partial charge in [0.15, 0.2) is 0 Å². The van der Waals surface area contributed by atoms with E-state index in [-0.39, 0.29) is 6.42 Å². The van der Waals surface area contributed by atoms with E-state index in [4.69, 9.17) is 15.6 Å². The summed E-state index contributed by atoms with van der Waals surface area (Å²) in [4.78, 5) is 10.9. The topological polar surface area (TPSA) is 77.5 Å². The lowest BCUT2D eigenvalue weighted by molar-refractivity contribution is -0.138. The van der Waals surface area contributed by atoms with Gasteiger partial charge in [-0.1, -0.05) is 0 Å². The molecule has 1 aromatic carbocycles. The zero-order chi connectivity index (χ0) is 14.2. The second-order valence-corrected chi connectivity index (χ2v) is 5.11. The van der Waals surface area contributed by atoms with Gasteiger partial charge in [0.1, 0.15) is 11.8 Å². The summed E-state index contributed by atoms with van der Waals surface area (Å²) in [6.07, 6.45) is 0.264. The number of halogens is 1. The van der Waals surface area contributed by atoms with Crippen LogP contribution in [0.2, 0.25) is 0 Å². The van der Waals surface area contributed by atoms with Gasteiger partial charge in [0, 0.05) is 24.4 Å². The third-order valence-electron chi connectivity index (χ3n) is 3.17. The standard InChI is InChI=1S/C13H15BrN2O3/c1-16-11-4-3-7(19-2)5-8(11)9(12(16)14)6-10(15)13(17)18/h3-5,10H,6,15H2,1-2H3,(H,17,18). The number of aromatic nitrogens is 1. The van der Waals surface area contributed by atoms with Crippen LogP contribution in [0.4, 0.5) is 0 Å². The fourth-order valence-electron chi connectivity index (χ4n) is 2.10. The van der Waals surface area contributed by atoms with Crippen molar-refractivity contribution in [3.05, 3.63) is 28.4 Å². The van der Waals surface area contributed by atoms with Gasteiger partial charge in [-0.25, -0.2) is 0 Å². The van der Waals surface area contributed by atoms with Crippen molar-refractivity contribution in [1.29, 1.82) is 0 Å². The highest BCUT2D eigenvalue weighted by Gasteiger charge is 2.19. The van der Waals surface area contributed by atoms with Crippen molar-refractivity contribution < 1.29 is 14.6 Å². The van der Waals surface area contributed by atoms with Gasteiger partial charge >= 0.3 is 5.97 Å². The van der Waals surface area contributed by atoms with Crippen molar-refractivity contribution in [2.75, 3.05) is 7.11 Å². The highest BCUT2D eigenvalue weighted by atomic mass is 79.9. The van der Waals surface area contributed by atoms with E-state index >= 15 is 0 Å². The normalized spacial score (nSPS) is 12.6. The molecule has 102 valence electrons. The van der Waals surface area contributed by atoms with Gasteiger partial charge in [0.2, 0.25) is 0 Å². The second-order valence-electron chi connectivity index (χ2n) is 4.36. The molecule has 1 unspecified atom stereocenters. The maximum atomic E-state index is 10.9. The highest BCUT2D eigenvalue weighted by Crippen LogP contribution is 2.32. The van der Waals surface area contributed by atoms with Crippen molar-refractivity contribution in [3.8, 4) is 5.75 Å². The molecule has 0 amide bonds. The van der Waals surface area contributed by atoms with Gasteiger partial charge in [0.25, 0.3) is 0 Å². The van der Waals surface area contributed by atoms with Crippen LogP contribution in [0, 0.1) is 0 Å². The number of rotatable bonds is 4. The van der Waals surface area contributed by atoms with E-state index in [9.17, 15) is 4.79 Å². The lowest BCUT2D eigenvalue weighted by Gasteiger charge is -2.06. The minimum atomic E-state index is -1.01. The van der Waals surface area contributed by atoms with Gasteiger partial charge < -0.3 is 20.1 Å². The number of nitrogens with zero attached hydrogens (tertiary/aromatic N) is 1. The largest absolute Gasteiger partial charge is 0.497 e. The van der Waals surface area contributed by atoms with Crippen LogP contribution in [-0.2, 0) is 18.3 Å². The number of fused-ring (bicyclic) bond motifs is 1. The van der Waals surface area contributed by atoms with Gasteiger partial charge in [-0.05, 0) is 39.7 Å². The molecule has 1 atom stereocenters. The van der Waals surface area contributed by atoms with Crippen LogP contribution in [0.3, 0.4) is 0 Å². The Morgan fingerprint density at radius 1 is 1.58 bits per heavy atom. The number of aryl methyl sites for hydroxylation is 1. The van der Waals surface area contributed by atoms with E-state index in [1.165, 1.54) is 0 Å². The Kier molecular flexibility index (Phi) is 3.82. The van der Waals surface area contributed by atoms with Gasteiger partial charge in [-0.3, -0.25) is 4.79 Å². The number of hydrogen-bond acceptors (Lipinski definition) is 3. The summed E-state index contributed by atoms with van der Waals surface area (Å²) >= 11 is 3.49. The lowest BCUT2D eigenvalue weighted by atomic mass is 10.1. The molecule has 0 saturated heterocycles. The first-order chi connectivity index (χ1) is 8.95. The Bertz CT molecular complexity index is 636. The monoisotopic (exact) mass is 326 g/mol. The van der Waals surface area contributed by atoms with E-state index in [0.29, 0.717) is 0 Å². The number of methoxy groups -OCH3 is 1. The average Bonchev–Trinajstić information content (AvgIpc) is 2.63. The summed E-state index contributed by atoms with van der Waals surface area (Å²) in [6, 6.07) is 4.78. The second kappa shape index (κ2) is 5.22. The van der Waals surface area contributed by atoms with Crippen molar-refractivity contribution in [2.24, 2.45) is 12.8 Å². The molecule has 1 aromatic heterocycles. The summed E-state index contributed by atoms with van der Waals surface area (Å²) in [5, 5.41) is 9.89. The van der Waals surface area contributed by atoms with Crippen molar-refractivity contribution in [1.82, 2.24) is 4.57 Å². The first-order valence-electron chi connectivity index (χ1n) is 5.75. The van der Waals surface area contributed by atoms with Crippen LogP contribution in [0.1, 0.15) is 5.56 Å². The number of nitrogens with two attached hydrogens (primary N) is 1. The molecular weight excluding hydrogens is 312 g/mol. The van der Waals surface area contributed by atoms with E-state index in [1.54, 1.807) is 7.11 Å². The zero-order valence-electron chi connectivity index (χ0n) is 10.7. The van der Waals surface area contributed by atoms with Crippen LogP contribution in [0.5, 0.6) is 5.75 Å². The molecule has 0 fully saturated rings. The van der Waals surface area contributed by atoms with Gasteiger partial charge in [0.05, 0.1) is 11.7 Å². The molecule has 5 nitrogen and oxygen atoms in total. The number of ether oxygens (including phenoxy) is 1. The van der Waals surface area contributed by atoms with Crippen LogP contribution in [0.25, 0.3) is 10.9 Å². The van der Waals surface area contributed by atoms with Crippen LogP contribution >= 0.6 is 15.9 Å². The molecule has 0 spiro atoms. The molecule has 0 saturated carbocycles. The summed E-state index contributed by atoms with van der Waals surface area (Å²) in [5.74, 6) is -0.275. The van der Waals surface area contributed by atoms with E-state index in [2.05, 4.69) is 15.9 Å². The molecular formula is C13H15BrN2O3. The maximum Gasteiger partial charge on any atom is 0.320 e. The molecule has 0 aliphatic rings. The van der Waals surface area contributed by atoms with E-state index < -0.39 is 12.0 Å². The number of hydrogen-bond donors (Lipinski definition) is 2. The van der Waals surface area contributed by atoms with Crippen molar-refractivity contribution in [2.45, 2.75) is 12.5 Å². The van der Waals surface area contributed by atoms with Crippen LogP contribution in [-0.4, -0.2) is 28.8 Å². The summed E-state index contributed by atoms with van der Waals surface area (Å²) < 4.78 is 8.00. The minimum absolute atomic E-state index is 0.264. The third-order valence-corrected chi connectivity index (χ3v) is 4.19. The molecule has 2 rings (SSSR count). The number of aliphatic carboxylic acids is 1. The average molecular weight is 327 g/mol. The SMILES string of the molecule is COc1ccc2c(c1)c(CC(N)C(=O)O)c(Br)n2C. The zero-order valence-corrected chi connectivity index (χ0v) is 12.3. The smallest absolute Gasteiger partial charge is 0.320 e. The molecule has 3 N–H and O–H groups in total. The van der Waals surface area contributed by atoms with Crippen LogP contribution < -0.4 is 10.5 Å². The Morgan fingerprint density at radius 2 is 2.26 bits per heavy atom. The molecule has 0 aliphatic carbocycles. The summed E-state index contributed by atoms with van der Waals surface area (Å²) in [5.41, 5.74) is 7.51. The maximum absolute atomic E-state index is 10.9. The first-order valence-corrected chi connectivity index (χ1v) is 6.54. The molecule has 0 radical (unpaired) electrons. The minimum Gasteiger partial charge on any atom is -0.497 e.